The second-order valence-electron chi connectivity index (χ2n) is 6.87. The second kappa shape index (κ2) is 9.05. The molecule has 0 atom stereocenters. The van der Waals surface area contributed by atoms with Gasteiger partial charge in [-0.2, -0.15) is 4.31 Å². The van der Waals surface area contributed by atoms with Crippen molar-refractivity contribution in [2.24, 2.45) is 0 Å². The maximum atomic E-state index is 12.8. The van der Waals surface area contributed by atoms with E-state index in [4.69, 9.17) is 0 Å². The summed E-state index contributed by atoms with van der Waals surface area (Å²) in [5, 5.41) is 2.63. The largest absolute Gasteiger partial charge is 0.573 e. The summed E-state index contributed by atoms with van der Waals surface area (Å²) in [6, 6.07) is 10.9. The molecule has 0 aromatic heterocycles. The van der Waals surface area contributed by atoms with Crippen LogP contribution in [0.2, 0.25) is 0 Å². The van der Waals surface area contributed by atoms with E-state index >= 15 is 0 Å². The van der Waals surface area contributed by atoms with Crippen molar-refractivity contribution >= 4 is 15.9 Å². The van der Waals surface area contributed by atoms with E-state index in [-0.39, 0.29) is 22.8 Å². The molecular weight excluding hydrogens is 421 g/mol. The first-order valence-corrected chi connectivity index (χ1v) is 10.8. The number of nitrogens with zero attached hydrogens (tertiary/aromatic N) is 1. The summed E-state index contributed by atoms with van der Waals surface area (Å²) < 4.78 is 67.4. The van der Waals surface area contributed by atoms with E-state index < -0.39 is 22.3 Å². The van der Waals surface area contributed by atoms with Gasteiger partial charge in [-0.1, -0.05) is 24.6 Å². The molecule has 30 heavy (non-hydrogen) atoms. The molecule has 0 spiro atoms. The first-order valence-electron chi connectivity index (χ1n) is 9.38. The maximum absolute atomic E-state index is 12.8. The van der Waals surface area contributed by atoms with E-state index in [1.54, 1.807) is 0 Å². The first kappa shape index (κ1) is 22.1. The number of carbonyl (C=O) groups is 1. The molecule has 3 rings (SSSR count). The van der Waals surface area contributed by atoms with Crippen LogP contribution in [0.25, 0.3) is 0 Å². The molecule has 1 N–H and O–H groups in total. The minimum absolute atomic E-state index is 0.0608. The number of carbonyl (C=O) groups excluding carboxylic acids is 1. The fourth-order valence-electron chi connectivity index (χ4n) is 3.15. The van der Waals surface area contributed by atoms with Gasteiger partial charge in [0, 0.05) is 25.2 Å². The summed E-state index contributed by atoms with van der Waals surface area (Å²) in [5.74, 6) is -0.838. The number of rotatable bonds is 6. The van der Waals surface area contributed by atoms with Crippen LogP contribution in [-0.2, 0) is 16.6 Å². The van der Waals surface area contributed by atoms with Gasteiger partial charge in [0.05, 0.1) is 4.90 Å². The van der Waals surface area contributed by atoms with Crippen molar-refractivity contribution in [3.8, 4) is 5.75 Å². The fourth-order valence-corrected chi connectivity index (χ4v) is 4.71. The van der Waals surface area contributed by atoms with E-state index in [9.17, 15) is 26.4 Å². The molecule has 0 aliphatic carbocycles. The summed E-state index contributed by atoms with van der Waals surface area (Å²) >= 11 is 0. The quantitative estimate of drug-likeness (QED) is 0.741. The molecule has 1 amide bonds. The summed E-state index contributed by atoms with van der Waals surface area (Å²) in [7, 11) is -3.66. The van der Waals surface area contributed by atoms with Crippen LogP contribution >= 0.6 is 0 Å². The topological polar surface area (TPSA) is 75.7 Å². The van der Waals surface area contributed by atoms with Crippen LogP contribution in [0.15, 0.2) is 53.4 Å². The average molecular weight is 442 g/mol. The summed E-state index contributed by atoms with van der Waals surface area (Å²) in [6.45, 7) is 0.994. The second-order valence-corrected chi connectivity index (χ2v) is 8.80. The molecular formula is C20H21F3N2O4S. The van der Waals surface area contributed by atoms with Crippen molar-refractivity contribution in [3.05, 3.63) is 59.7 Å². The summed E-state index contributed by atoms with van der Waals surface area (Å²) in [5.41, 5.74) is 0.750. The van der Waals surface area contributed by atoms with Gasteiger partial charge in [0.2, 0.25) is 10.0 Å². The molecule has 2 aromatic carbocycles. The van der Waals surface area contributed by atoms with Crippen molar-refractivity contribution < 1.29 is 31.1 Å². The van der Waals surface area contributed by atoms with Gasteiger partial charge >= 0.3 is 6.36 Å². The number of halogens is 3. The van der Waals surface area contributed by atoms with E-state index in [2.05, 4.69) is 10.1 Å². The molecule has 10 heteroatoms. The number of alkyl halides is 3. The van der Waals surface area contributed by atoms with Gasteiger partial charge in [-0.05, 0) is 48.7 Å². The zero-order chi connectivity index (χ0) is 21.8. The van der Waals surface area contributed by atoms with Crippen LogP contribution in [0.3, 0.4) is 0 Å². The molecule has 0 unspecified atom stereocenters. The Morgan fingerprint density at radius 1 is 1.03 bits per heavy atom. The van der Waals surface area contributed by atoms with Gasteiger partial charge in [-0.3, -0.25) is 4.79 Å². The number of benzene rings is 2. The van der Waals surface area contributed by atoms with E-state index in [1.165, 1.54) is 40.7 Å². The highest BCUT2D eigenvalue weighted by atomic mass is 32.2. The van der Waals surface area contributed by atoms with Gasteiger partial charge in [-0.25, -0.2) is 8.42 Å². The number of piperidine rings is 1. The van der Waals surface area contributed by atoms with E-state index in [1.807, 2.05) is 0 Å². The first-order chi connectivity index (χ1) is 14.1. The number of hydrogen-bond acceptors (Lipinski definition) is 4. The Bertz CT molecular complexity index is 986. The van der Waals surface area contributed by atoms with Gasteiger partial charge in [0.25, 0.3) is 5.91 Å². The number of ether oxygens (including phenoxy) is 1. The van der Waals surface area contributed by atoms with E-state index in [0.29, 0.717) is 18.7 Å². The van der Waals surface area contributed by atoms with Crippen LogP contribution in [0.1, 0.15) is 35.2 Å². The molecule has 2 aromatic rings. The number of amides is 1. The van der Waals surface area contributed by atoms with Gasteiger partial charge in [0.15, 0.2) is 0 Å². The van der Waals surface area contributed by atoms with Crippen LogP contribution in [0.5, 0.6) is 5.75 Å². The summed E-state index contributed by atoms with van der Waals surface area (Å²) in [6.07, 6.45) is -2.15. The number of sulfonamides is 1. The number of hydrogen-bond donors (Lipinski definition) is 1. The summed E-state index contributed by atoms with van der Waals surface area (Å²) in [4.78, 5) is 12.5. The van der Waals surface area contributed by atoms with Crippen LogP contribution < -0.4 is 10.1 Å². The molecule has 0 saturated carbocycles. The Kier molecular flexibility index (Phi) is 6.67. The lowest BCUT2D eigenvalue weighted by Gasteiger charge is -2.26. The van der Waals surface area contributed by atoms with Crippen LogP contribution in [-0.4, -0.2) is 38.1 Å². The number of nitrogens with one attached hydrogen (secondary N) is 1. The van der Waals surface area contributed by atoms with Crippen molar-refractivity contribution in [2.75, 3.05) is 13.1 Å². The molecule has 1 saturated heterocycles. The van der Waals surface area contributed by atoms with Gasteiger partial charge in [0.1, 0.15) is 5.75 Å². The zero-order valence-corrected chi connectivity index (χ0v) is 16.8. The fraction of sp³-hybridized carbons (Fsp3) is 0.350. The normalized spacial score (nSPS) is 15.6. The molecule has 162 valence electrons. The van der Waals surface area contributed by atoms with Crippen molar-refractivity contribution in [1.29, 1.82) is 0 Å². The average Bonchev–Trinajstić information content (AvgIpc) is 2.72. The van der Waals surface area contributed by atoms with Crippen molar-refractivity contribution in [3.63, 3.8) is 0 Å². The molecule has 1 fully saturated rings. The SMILES string of the molecule is O=C(NCc1ccc(OC(F)(F)F)cc1)c1cccc(S(=O)(=O)N2CCCCC2)c1. The maximum Gasteiger partial charge on any atom is 0.573 e. The van der Waals surface area contributed by atoms with Crippen LogP contribution in [0, 0.1) is 0 Å². The van der Waals surface area contributed by atoms with Gasteiger partial charge in [-0.15, -0.1) is 13.2 Å². The Morgan fingerprint density at radius 3 is 2.33 bits per heavy atom. The molecule has 1 aliphatic heterocycles. The molecule has 6 nitrogen and oxygen atoms in total. The highest BCUT2D eigenvalue weighted by Crippen LogP contribution is 2.23. The van der Waals surface area contributed by atoms with Crippen LogP contribution in [0.4, 0.5) is 13.2 Å². The van der Waals surface area contributed by atoms with Crippen molar-refractivity contribution in [1.82, 2.24) is 9.62 Å². The zero-order valence-electron chi connectivity index (χ0n) is 16.0. The Balaban J connectivity index is 1.64. The lowest BCUT2D eigenvalue weighted by atomic mass is 10.2. The highest BCUT2D eigenvalue weighted by Gasteiger charge is 2.31. The lowest BCUT2D eigenvalue weighted by Crippen LogP contribution is -2.35. The Morgan fingerprint density at radius 2 is 1.70 bits per heavy atom. The lowest BCUT2D eigenvalue weighted by molar-refractivity contribution is -0.274. The smallest absolute Gasteiger partial charge is 0.406 e. The molecule has 0 radical (unpaired) electrons. The Hall–Kier alpha value is -2.59. The van der Waals surface area contributed by atoms with Gasteiger partial charge < -0.3 is 10.1 Å². The Labute approximate surface area is 172 Å². The third kappa shape index (κ3) is 5.73. The predicted molar refractivity (Wildman–Crippen MR) is 103 cm³/mol. The molecule has 1 heterocycles. The highest BCUT2D eigenvalue weighted by molar-refractivity contribution is 7.89. The third-order valence-electron chi connectivity index (χ3n) is 4.66. The monoisotopic (exact) mass is 442 g/mol. The minimum atomic E-state index is -4.77. The third-order valence-corrected chi connectivity index (χ3v) is 6.55. The van der Waals surface area contributed by atoms with E-state index in [0.717, 1.165) is 31.4 Å². The van der Waals surface area contributed by atoms with Crippen molar-refractivity contribution in [2.45, 2.75) is 37.1 Å². The molecule has 1 aliphatic rings. The standard InChI is InChI=1S/C20H21F3N2O4S/c21-20(22,23)29-17-9-7-15(8-10-17)14-24-19(26)16-5-4-6-18(13-16)30(27,28)25-11-2-1-3-12-25/h4-10,13H,1-3,11-12,14H2,(H,24,26). The predicted octanol–water partition coefficient (Wildman–Crippen LogP) is 3.69. The molecule has 0 bridgehead atoms. The minimum Gasteiger partial charge on any atom is -0.406 e.